The second-order valence-electron chi connectivity index (χ2n) is 3.46. The van der Waals surface area contributed by atoms with Crippen molar-refractivity contribution in [1.82, 2.24) is 0 Å². The van der Waals surface area contributed by atoms with Crippen LogP contribution in [-0.4, -0.2) is 22.2 Å². The number of benzene rings is 1. The number of nitrogens with two attached hydrogens (primary N) is 2. The second kappa shape index (κ2) is 5.29. The van der Waals surface area contributed by atoms with Crippen molar-refractivity contribution < 1.29 is 15.0 Å². The van der Waals surface area contributed by atoms with E-state index in [0.29, 0.717) is 15.7 Å². The van der Waals surface area contributed by atoms with Crippen molar-refractivity contribution in [3.05, 3.63) is 28.2 Å². The minimum absolute atomic E-state index is 0.289. The lowest BCUT2D eigenvalue weighted by atomic mass is 10.0. The van der Waals surface area contributed by atoms with Gasteiger partial charge >= 0.3 is 0 Å². The highest BCUT2D eigenvalue weighted by atomic mass is 79.9. The quantitative estimate of drug-likeness (QED) is 0.597. The lowest BCUT2D eigenvalue weighted by Crippen LogP contribution is -2.25. The summed E-state index contributed by atoms with van der Waals surface area (Å²) < 4.78 is 0.621. The van der Waals surface area contributed by atoms with E-state index in [4.69, 9.17) is 11.5 Å². The number of hydrogen-bond donors (Lipinski definition) is 4. The van der Waals surface area contributed by atoms with Gasteiger partial charge in [-0.25, -0.2) is 0 Å². The van der Waals surface area contributed by atoms with Gasteiger partial charge in [-0.2, -0.15) is 0 Å². The van der Waals surface area contributed by atoms with Crippen LogP contribution in [0.25, 0.3) is 0 Å². The first-order chi connectivity index (χ1) is 7.41. The molecule has 0 saturated heterocycles. The third-order valence-electron chi connectivity index (χ3n) is 2.14. The van der Waals surface area contributed by atoms with Gasteiger partial charge < -0.3 is 21.7 Å². The normalized spacial score (nSPS) is 14.4. The van der Waals surface area contributed by atoms with Crippen LogP contribution in [0.5, 0.6) is 0 Å². The van der Waals surface area contributed by atoms with E-state index >= 15 is 0 Å². The molecule has 5 nitrogen and oxygen atoms in total. The van der Waals surface area contributed by atoms with Gasteiger partial charge in [0.2, 0.25) is 5.91 Å². The van der Waals surface area contributed by atoms with Crippen molar-refractivity contribution in [2.75, 3.05) is 5.73 Å². The first kappa shape index (κ1) is 13.0. The van der Waals surface area contributed by atoms with Gasteiger partial charge in [0.05, 0.1) is 12.5 Å². The number of carbonyl (C=O) groups excluding carboxylic acids is 1. The molecule has 1 rings (SSSR count). The molecule has 16 heavy (non-hydrogen) atoms. The Hall–Kier alpha value is -1.11. The third-order valence-corrected chi connectivity index (χ3v) is 2.83. The van der Waals surface area contributed by atoms with Gasteiger partial charge in [-0.05, 0) is 33.6 Å². The van der Waals surface area contributed by atoms with Crippen LogP contribution in [0.4, 0.5) is 5.69 Å². The Kier molecular flexibility index (Phi) is 4.28. The summed E-state index contributed by atoms with van der Waals surface area (Å²) in [6, 6.07) is 4.76. The van der Waals surface area contributed by atoms with E-state index in [9.17, 15) is 15.0 Å². The molecule has 2 unspecified atom stereocenters. The van der Waals surface area contributed by atoms with Crippen molar-refractivity contribution in [1.29, 1.82) is 0 Å². The minimum Gasteiger partial charge on any atom is -0.398 e. The molecule has 0 radical (unpaired) electrons. The molecule has 0 aromatic heterocycles. The summed E-state index contributed by atoms with van der Waals surface area (Å²) in [5, 5.41) is 19.2. The molecule has 0 saturated carbocycles. The van der Waals surface area contributed by atoms with Crippen molar-refractivity contribution in [3.63, 3.8) is 0 Å². The highest BCUT2D eigenvalue weighted by molar-refractivity contribution is 9.10. The van der Waals surface area contributed by atoms with Gasteiger partial charge in [-0.15, -0.1) is 0 Å². The predicted octanol–water partition coefficient (Wildman–Crippen LogP) is 0.301. The van der Waals surface area contributed by atoms with E-state index in [2.05, 4.69) is 15.9 Å². The predicted molar refractivity (Wildman–Crippen MR) is 63.3 cm³/mol. The number of carbonyl (C=O) groups is 1. The van der Waals surface area contributed by atoms with Gasteiger partial charge in [-0.3, -0.25) is 4.79 Å². The smallest absolute Gasteiger partial charge is 0.220 e. The van der Waals surface area contributed by atoms with Gasteiger partial charge in [0.15, 0.2) is 0 Å². The summed E-state index contributed by atoms with van der Waals surface area (Å²) in [6.07, 6.45) is -2.67. The van der Waals surface area contributed by atoms with Gasteiger partial charge in [-0.1, -0.05) is 6.07 Å². The average molecular weight is 289 g/mol. The van der Waals surface area contributed by atoms with Crippen LogP contribution in [0.3, 0.4) is 0 Å². The number of aliphatic hydroxyl groups is 2. The molecule has 6 N–H and O–H groups in total. The standard InChI is InChI=1S/C10H13BrN2O3/c11-6-3-5(1-2-7(6)12)10(16)8(14)4-9(13)15/h1-3,8,10,14,16H,4,12H2,(H2,13,15). The highest BCUT2D eigenvalue weighted by Gasteiger charge is 2.20. The van der Waals surface area contributed by atoms with Crippen LogP contribution < -0.4 is 11.5 Å². The minimum atomic E-state index is -1.21. The van der Waals surface area contributed by atoms with E-state index < -0.39 is 18.1 Å². The summed E-state index contributed by atoms with van der Waals surface area (Å²) in [5.74, 6) is -0.666. The van der Waals surface area contributed by atoms with Crippen molar-refractivity contribution in [2.24, 2.45) is 5.73 Å². The van der Waals surface area contributed by atoms with Crippen molar-refractivity contribution in [3.8, 4) is 0 Å². The maximum atomic E-state index is 10.6. The van der Waals surface area contributed by atoms with Crippen molar-refractivity contribution >= 4 is 27.5 Å². The number of hydrogen-bond acceptors (Lipinski definition) is 4. The Morgan fingerprint density at radius 1 is 1.44 bits per heavy atom. The zero-order valence-corrected chi connectivity index (χ0v) is 10.0. The molecule has 0 aliphatic carbocycles. The molecule has 0 heterocycles. The van der Waals surface area contributed by atoms with E-state index in [1.807, 2.05) is 0 Å². The Morgan fingerprint density at radius 3 is 2.56 bits per heavy atom. The van der Waals surface area contributed by atoms with Crippen LogP contribution in [0.1, 0.15) is 18.1 Å². The molecule has 6 heteroatoms. The fourth-order valence-corrected chi connectivity index (χ4v) is 1.66. The molecule has 1 aromatic carbocycles. The summed E-state index contributed by atoms with van der Waals surface area (Å²) in [5.41, 5.74) is 11.5. The molecular formula is C10H13BrN2O3. The van der Waals surface area contributed by atoms with E-state index in [0.717, 1.165) is 0 Å². The number of nitrogen functional groups attached to an aromatic ring is 1. The summed E-state index contributed by atoms with van der Waals surface area (Å²) in [4.78, 5) is 10.6. The summed E-state index contributed by atoms with van der Waals surface area (Å²) >= 11 is 3.20. The largest absolute Gasteiger partial charge is 0.398 e. The van der Waals surface area contributed by atoms with E-state index in [1.54, 1.807) is 18.2 Å². The van der Waals surface area contributed by atoms with Crippen LogP contribution in [0.15, 0.2) is 22.7 Å². The molecule has 0 fully saturated rings. The van der Waals surface area contributed by atoms with E-state index in [-0.39, 0.29) is 6.42 Å². The monoisotopic (exact) mass is 288 g/mol. The summed E-state index contributed by atoms with van der Waals surface area (Å²) in [6.45, 7) is 0. The number of halogens is 1. The first-order valence-corrected chi connectivity index (χ1v) is 5.40. The van der Waals surface area contributed by atoms with Crippen LogP contribution in [0, 0.1) is 0 Å². The molecule has 0 aliphatic rings. The highest BCUT2D eigenvalue weighted by Crippen LogP contribution is 2.26. The molecule has 0 aliphatic heterocycles. The molecule has 2 atom stereocenters. The fraction of sp³-hybridized carbons (Fsp3) is 0.300. The lowest BCUT2D eigenvalue weighted by Gasteiger charge is -2.17. The van der Waals surface area contributed by atoms with Crippen LogP contribution in [0.2, 0.25) is 0 Å². The zero-order valence-electron chi connectivity index (χ0n) is 8.43. The Bertz CT molecular complexity index is 398. The number of amides is 1. The topological polar surface area (TPSA) is 110 Å². The van der Waals surface area contributed by atoms with E-state index in [1.165, 1.54) is 0 Å². The first-order valence-electron chi connectivity index (χ1n) is 4.61. The van der Waals surface area contributed by atoms with Crippen LogP contribution >= 0.6 is 15.9 Å². The number of primary amides is 1. The molecule has 0 spiro atoms. The second-order valence-corrected chi connectivity index (χ2v) is 4.32. The van der Waals surface area contributed by atoms with Gasteiger partial charge in [0.1, 0.15) is 6.10 Å². The van der Waals surface area contributed by atoms with Gasteiger partial charge in [0, 0.05) is 10.2 Å². The third kappa shape index (κ3) is 3.19. The van der Waals surface area contributed by atoms with Crippen molar-refractivity contribution in [2.45, 2.75) is 18.6 Å². The molecule has 1 amide bonds. The maximum Gasteiger partial charge on any atom is 0.220 e. The Labute approximate surface area is 101 Å². The molecular weight excluding hydrogens is 276 g/mol. The lowest BCUT2D eigenvalue weighted by molar-refractivity contribution is -0.121. The number of rotatable bonds is 4. The Morgan fingerprint density at radius 2 is 2.06 bits per heavy atom. The van der Waals surface area contributed by atoms with Gasteiger partial charge in [0.25, 0.3) is 0 Å². The summed E-state index contributed by atoms with van der Waals surface area (Å²) in [7, 11) is 0. The van der Waals surface area contributed by atoms with Crippen LogP contribution in [-0.2, 0) is 4.79 Å². The fourth-order valence-electron chi connectivity index (χ4n) is 1.27. The zero-order chi connectivity index (χ0) is 12.3. The molecule has 0 bridgehead atoms. The number of anilines is 1. The molecule has 88 valence electrons. The SMILES string of the molecule is NC(=O)CC(O)C(O)c1ccc(N)c(Br)c1. The Balaban J connectivity index is 2.83. The average Bonchev–Trinajstić information content (AvgIpc) is 2.20. The molecule has 1 aromatic rings. The number of aliphatic hydroxyl groups excluding tert-OH is 2. The maximum absolute atomic E-state index is 10.6.